The fraction of sp³-hybridized carbons (Fsp3) is 0.636. The van der Waals surface area contributed by atoms with Gasteiger partial charge in [0.15, 0.2) is 0 Å². The first-order valence-electron chi connectivity index (χ1n) is 5.29. The number of aryl methyl sites for hydroxylation is 2. The third-order valence-corrected chi connectivity index (χ3v) is 2.67. The Morgan fingerprint density at radius 3 is 2.44 bits per heavy atom. The van der Waals surface area contributed by atoms with Gasteiger partial charge in [-0.2, -0.15) is 5.10 Å². The maximum Gasteiger partial charge on any atom is 0.239 e. The molecule has 0 aromatic carbocycles. The smallest absolute Gasteiger partial charge is 0.239 e. The molecule has 16 heavy (non-hydrogen) atoms. The summed E-state index contributed by atoms with van der Waals surface area (Å²) in [5.74, 6) is -0.157. The van der Waals surface area contributed by atoms with Gasteiger partial charge in [0.25, 0.3) is 0 Å². The van der Waals surface area contributed by atoms with Gasteiger partial charge in [0.2, 0.25) is 5.91 Å². The molecule has 0 fully saturated rings. The highest BCUT2D eigenvalue weighted by Gasteiger charge is 2.22. The quantitative estimate of drug-likeness (QED) is 0.780. The molecule has 1 rings (SSSR count). The van der Waals surface area contributed by atoms with Crippen molar-refractivity contribution in [2.24, 2.45) is 12.8 Å². The second-order valence-corrected chi connectivity index (χ2v) is 4.68. The predicted molar refractivity (Wildman–Crippen MR) is 62.8 cm³/mol. The Hall–Kier alpha value is -1.36. The van der Waals surface area contributed by atoms with Crippen LogP contribution >= 0.6 is 0 Å². The van der Waals surface area contributed by atoms with Crippen molar-refractivity contribution in [1.82, 2.24) is 15.1 Å². The molecule has 0 aliphatic carbocycles. The van der Waals surface area contributed by atoms with E-state index in [1.54, 1.807) is 13.8 Å². The van der Waals surface area contributed by atoms with Crippen molar-refractivity contribution < 1.29 is 4.79 Å². The number of aromatic nitrogens is 2. The van der Waals surface area contributed by atoms with Crippen LogP contribution in [0.4, 0.5) is 0 Å². The molecule has 1 amide bonds. The van der Waals surface area contributed by atoms with Crippen LogP contribution in [0.2, 0.25) is 0 Å². The number of hydrogen-bond donors (Lipinski definition) is 2. The standard InChI is InChI=1S/C11H20N4O/c1-7-9(8(2)15(5)14-7)6-13-10(16)11(3,4)12/h6,12H2,1-5H3,(H,13,16). The van der Waals surface area contributed by atoms with E-state index in [9.17, 15) is 4.79 Å². The van der Waals surface area contributed by atoms with Gasteiger partial charge >= 0.3 is 0 Å². The van der Waals surface area contributed by atoms with E-state index in [4.69, 9.17) is 5.73 Å². The fourth-order valence-corrected chi connectivity index (χ4v) is 1.47. The van der Waals surface area contributed by atoms with Gasteiger partial charge in [-0.3, -0.25) is 9.48 Å². The summed E-state index contributed by atoms with van der Waals surface area (Å²) >= 11 is 0. The normalized spacial score (nSPS) is 11.6. The lowest BCUT2D eigenvalue weighted by Crippen LogP contribution is -2.48. The van der Waals surface area contributed by atoms with Crippen molar-refractivity contribution in [3.63, 3.8) is 0 Å². The molecule has 3 N–H and O–H groups in total. The summed E-state index contributed by atoms with van der Waals surface area (Å²) in [6.07, 6.45) is 0. The van der Waals surface area contributed by atoms with Crippen LogP contribution in [-0.2, 0) is 18.4 Å². The number of carbonyl (C=O) groups excluding carboxylic acids is 1. The second kappa shape index (κ2) is 4.25. The van der Waals surface area contributed by atoms with Gasteiger partial charge in [-0.15, -0.1) is 0 Å². The SMILES string of the molecule is Cc1nn(C)c(C)c1CNC(=O)C(C)(C)N. The highest BCUT2D eigenvalue weighted by atomic mass is 16.2. The highest BCUT2D eigenvalue weighted by Crippen LogP contribution is 2.11. The van der Waals surface area contributed by atoms with Crippen molar-refractivity contribution in [3.8, 4) is 0 Å². The van der Waals surface area contributed by atoms with E-state index in [1.165, 1.54) is 0 Å². The molecule has 0 radical (unpaired) electrons. The van der Waals surface area contributed by atoms with Crippen molar-refractivity contribution in [2.75, 3.05) is 0 Å². The Labute approximate surface area is 96.0 Å². The van der Waals surface area contributed by atoms with Gasteiger partial charge < -0.3 is 11.1 Å². The van der Waals surface area contributed by atoms with Crippen LogP contribution in [0.15, 0.2) is 0 Å². The molecule has 1 aromatic heterocycles. The molecular weight excluding hydrogens is 204 g/mol. The minimum absolute atomic E-state index is 0.157. The predicted octanol–water partition coefficient (Wildman–Crippen LogP) is 0.390. The average Bonchev–Trinajstić information content (AvgIpc) is 2.37. The van der Waals surface area contributed by atoms with Crippen molar-refractivity contribution >= 4 is 5.91 Å². The summed E-state index contributed by atoms with van der Waals surface area (Å²) in [5.41, 5.74) is 7.91. The summed E-state index contributed by atoms with van der Waals surface area (Å²) in [6.45, 7) is 7.76. The zero-order valence-electron chi connectivity index (χ0n) is 10.6. The summed E-state index contributed by atoms with van der Waals surface area (Å²) in [4.78, 5) is 11.6. The summed E-state index contributed by atoms with van der Waals surface area (Å²) in [6, 6.07) is 0. The lowest BCUT2D eigenvalue weighted by Gasteiger charge is -2.17. The summed E-state index contributed by atoms with van der Waals surface area (Å²) < 4.78 is 1.81. The number of nitrogens with two attached hydrogens (primary N) is 1. The maximum atomic E-state index is 11.6. The van der Waals surface area contributed by atoms with Gasteiger partial charge in [-0.25, -0.2) is 0 Å². The summed E-state index contributed by atoms with van der Waals surface area (Å²) in [5, 5.41) is 7.10. The number of rotatable bonds is 3. The lowest BCUT2D eigenvalue weighted by molar-refractivity contribution is -0.125. The van der Waals surface area contributed by atoms with Crippen LogP contribution in [-0.4, -0.2) is 21.2 Å². The van der Waals surface area contributed by atoms with E-state index >= 15 is 0 Å². The molecule has 0 saturated carbocycles. The molecule has 5 nitrogen and oxygen atoms in total. The van der Waals surface area contributed by atoms with Crippen molar-refractivity contribution in [2.45, 2.75) is 39.8 Å². The molecule has 5 heteroatoms. The number of amides is 1. The lowest BCUT2D eigenvalue weighted by atomic mass is 10.1. The van der Waals surface area contributed by atoms with Gasteiger partial charge in [0, 0.05) is 24.8 Å². The van der Waals surface area contributed by atoms with Gasteiger partial charge in [-0.1, -0.05) is 0 Å². The number of carbonyl (C=O) groups is 1. The van der Waals surface area contributed by atoms with E-state index in [1.807, 2.05) is 25.6 Å². The Balaban J connectivity index is 2.72. The molecule has 0 saturated heterocycles. The Morgan fingerprint density at radius 2 is 2.06 bits per heavy atom. The van der Waals surface area contributed by atoms with E-state index in [0.29, 0.717) is 6.54 Å². The van der Waals surface area contributed by atoms with Gasteiger partial charge in [0.1, 0.15) is 0 Å². The molecule has 0 atom stereocenters. The Morgan fingerprint density at radius 1 is 1.50 bits per heavy atom. The highest BCUT2D eigenvalue weighted by molar-refractivity contribution is 5.85. The fourth-order valence-electron chi connectivity index (χ4n) is 1.47. The number of hydrogen-bond acceptors (Lipinski definition) is 3. The van der Waals surface area contributed by atoms with Gasteiger partial charge in [0.05, 0.1) is 11.2 Å². The van der Waals surface area contributed by atoms with Crippen LogP contribution in [0.1, 0.15) is 30.8 Å². The molecule has 0 aliphatic rings. The zero-order valence-corrected chi connectivity index (χ0v) is 10.6. The Kier molecular flexibility index (Phi) is 3.38. The molecular formula is C11H20N4O. The van der Waals surface area contributed by atoms with Crippen LogP contribution < -0.4 is 11.1 Å². The molecule has 1 aromatic rings. The average molecular weight is 224 g/mol. The Bertz CT molecular complexity index is 401. The van der Waals surface area contributed by atoms with E-state index in [-0.39, 0.29) is 5.91 Å². The van der Waals surface area contributed by atoms with E-state index < -0.39 is 5.54 Å². The van der Waals surface area contributed by atoms with Crippen molar-refractivity contribution in [3.05, 3.63) is 17.0 Å². The van der Waals surface area contributed by atoms with Crippen LogP contribution in [0, 0.1) is 13.8 Å². The maximum absolute atomic E-state index is 11.6. The molecule has 0 spiro atoms. The van der Waals surface area contributed by atoms with Gasteiger partial charge in [-0.05, 0) is 27.7 Å². The number of nitrogens with zero attached hydrogens (tertiary/aromatic N) is 2. The van der Waals surface area contributed by atoms with E-state index in [2.05, 4.69) is 10.4 Å². The molecule has 1 heterocycles. The molecule has 0 unspecified atom stereocenters. The second-order valence-electron chi connectivity index (χ2n) is 4.68. The zero-order chi connectivity index (χ0) is 12.5. The van der Waals surface area contributed by atoms with Crippen LogP contribution in [0.3, 0.4) is 0 Å². The molecule has 90 valence electrons. The first-order valence-corrected chi connectivity index (χ1v) is 5.29. The largest absolute Gasteiger partial charge is 0.350 e. The molecule has 0 bridgehead atoms. The topological polar surface area (TPSA) is 72.9 Å². The third-order valence-electron chi connectivity index (χ3n) is 2.67. The minimum Gasteiger partial charge on any atom is -0.350 e. The number of nitrogens with one attached hydrogen (secondary N) is 1. The monoisotopic (exact) mass is 224 g/mol. The molecule has 0 aliphatic heterocycles. The summed E-state index contributed by atoms with van der Waals surface area (Å²) in [7, 11) is 1.89. The van der Waals surface area contributed by atoms with Crippen LogP contribution in [0.5, 0.6) is 0 Å². The van der Waals surface area contributed by atoms with Crippen molar-refractivity contribution in [1.29, 1.82) is 0 Å². The third kappa shape index (κ3) is 2.61. The van der Waals surface area contributed by atoms with E-state index in [0.717, 1.165) is 17.0 Å². The van der Waals surface area contributed by atoms with Crippen LogP contribution in [0.25, 0.3) is 0 Å². The first kappa shape index (κ1) is 12.7. The minimum atomic E-state index is -0.843. The first-order chi connectivity index (χ1) is 7.23.